The third kappa shape index (κ3) is 6.03. The van der Waals surface area contributed by atoms with E-state index >= 15 is 0 Å². The molecule has 0 aliphatic carbocycles. The van der Waals surface area contributed by atoms with E-state index in [0.29, 0.717) is 13.0 Å². The van der Waals surface area contributed by atoms with Crippen LogP contribution >= 0.6 is 0 Å². The SMILES string of the molecule is CCCS(=O)(=O)NCc1ccc(CN(CC)CC)cc1. The fraction of sp³-hybridized carbons (Fsp3) is 0.600. The van der Waals surface area contributed by atoms with E-state index in [-0.39, 0.29) is 5.75 Å². The molecule has 0 saturated heterocycles. The van der Waals surface area contributed by atoms with Gasteiger partial charge in [-0.3, -0.25) is 4.90 Å². The molecule has 1 rings (SSSR count). The number of rotatable bonds is 9. The molecule has 0 amide bonds. The van der Waals surface area contributed by atoms with E-state index in [4.69, 9.17) is 0 Å². The third-order valence-electron chi connectivity index (χ3n) is 3.29. The second-order valence-corrected chi connectivity index (χ2v) is 6.84. The molecule has 5 heteroatoms. The van der Waals surface area contributed by atoms with Gasteiger partial charge >= 0.3 is 0 Å². The number of hydrogen-bond donors (Lipinski definition) is 1. The third-order valence-corrected chi connectivity index (χ3v) is 4.82. The molecule has 0 fully saturated rings. The van der Waals surface area contributed by atoms with E-state index in [1.54, 1.807) is 0 Å². The standard InChI is InChI=1S/C15H26N2O2S/c1-4-11-20(18,19)16-12-14-7-9-15(10-8-14)13-17(5-2)6-3/h7-10,16H,4-6,11-13H2,1-3H3. The van der Waals surface area contributed by atoms with Gasteiger partial charge in [0.2, 0.25) is 10.0 Å². The number of nitrogens with zero attached hydrogens (tertiary/aromatic N) is 1. The van der Waals surface area contributed by atoms with Gasteiger partial charge in [0.25, 0.3) is 0 Å². The molecular formula is C15H26N2O2S. The van der Waals surface area contributed by atoms with Crippen LogP contribution in [-0.4, -0.2) is 32.2 Å². The Morgan fingerprint density at radius 2 is 1.55 bits per heavy atom. The summed E-state index contributed by atoms with van der Waals surface area (Å²) in [4.78, 5) is 2.35. The molecule has 20 heavy (non-hydrogen) atoms. The van der Waals surface area contributed by atoms with Crippen LogP contribution < -0.4 is 4.72 Å². The molecule has 0 bridgehead atoms. The molecule has 0 heterocycles. The number of hydrogen-bond acceptors (Lipinski definition) is 3. The summed E-state index contributed by atoms with van der Waals surface area (Å²) in [6.07, 6.45) is 0.637. The van der Waals surface area contributed by atoms with Crippen LogP contribution in [0.1, 0.15) is 38.3 Å². The van der Waals surface area contributed by atoms with Crippen molar-refractivity contribution in [3.8, 4) is 0 Å². The van der Waals surface area contributed by atoms with E-state index in [0.717, 1.165) is 25.2 Å². The Labute approximate surface area is 123 Å². The smallest absolute Gasteiger partial charge is 0.211 e. The first-order chi connectivity index (χ1) is 9.50. The molecule has 1 aromatic carbocycles. The topological polar surface area (TPSA) is 49.4 Å². The molecule has 1 aromatic rings. The first kappa shape index (κ1) is 17.1. The van der Waals surface area contributed by atoms with Crippen LogP contribution in [0.25, 0.3) is 0 Å². The molecule has 114 valence electrons. The lowest BCUT2D eigenvalue weighted by molar-refractivity contribution is 0.296. The number of nitrogens with one attached hydrogen (secondary N) is 1. The minimum Gasteiger partial charge on any atom is -0.300 e. The fourth-order valence-electron chi connectivity index (χ4n) is 2.00. The van der Waals surface area contributed by atoms with Gasteiger partial charge in [-0.15, -0.1) is 0 Å². The van der Waals surface area contributed by atoms with Gasteiger partial charge < -0.3 is 0 Å². The van der Waals surface area contributed by atoms with Gasteiger partial charge in [0.15, 0.2) is 0 Å². The molecule has 0 aliphatic rings. The van der Waals surface area contributed by atoms with Crippen LogP contribution in [0.15, 0.2) is 24.3 Å². The molecule has 0 unspecified atom stereocenters. The molecule has 0 atom stereocenters. The molecule has 4 nitrogen and oxygen atoms in total. The first-order valence-electron chi connectivity index (χ1n) is 7.28. The van der Waals surface area contributed by atoms with E-state index in [1.807, 2.05) is 19.1 Å². The summed E-state index contributed by atoms with van der Waals surface area (Å²) in [7, 11) is -3.13. The average Bonchev–Trinajstić information content (AvgIpc) is 2.44. The van der Waals surface area contributed by atoms with Crippen LogP contribution in [0, 0.1) is 0 Å². The first-order valence-corrected chi connectivity index (χ1v) is 8.93. The Kier molecular flexibility index (Phi) is 7.19. The highest BCUT2D eigenvalue weighted by Crippen LogP contribution is 2.08. The van der Waals surface area contributed by atoms with E-state index < -0.39 is 10.0 Å². The summed E-state index contributed by atoms with van der Waals surface area (Å²) < 4.78 is 25.8. The van der Waals surface area contributed by atoms with Crippen molar-refractivity contribution < 1.29 is 8.42 Å². The Bertz CT molecular complexity index is 479. The van der Waals surface area contributed by atoms with Gasteiger partial charge in [0.05, 0.1) is 5.75 Å². The van der Waals surface area contributed by atoms with Gasteiger partial charge in [-0.25, -0.2) is 13.1 Å². The predicted octanol–water partition coefficient (Wildman–Crippen LogP) is 2.36. The van der Waals surface area contributed by atoms with E-state index in [9.17, 15) is 8.42 Å². The van der Waals surface area contributed by atoms with Gasteiger partial charge in [0, 0.05) is 13.1 Å². The van der Waals surface area contributed by atoms with Crippen LogP contribution in [-0.2, 0) is 23.1 Å². The van der Waals surface area contributed by atoms with Gasteiger partial charge in [-0.05, 0) is 30.6 Å². The predicted molar refractivity (Wildman–Crippen MR) is 84.0 cm³/mol. The molecule has 0 saturated carbocycles. The summed E-state index contributed by atoms with van der Waals surface area (Å²) in [6, 6.07) is 8.13. The van der Waals surface area contributed by atoms with Crippen molar-refractivity contribution in [2.24, 2.45) is 0 Å². The van der Waals surface area contributed by atoms with Gasteiger partial charge in [0.1, 0.15) is 0 Å². The largest absolute Gasteiger partial charge is 0.300 e. The Hall–Kier alpha value is -0.910. The summed E-state index contributed by atoms with van der Waals surface area (Å²) in [5.74, 6) is 0.188. The Morgan fingerprint density at radius 1 is 1.00 bits per heavy atom. The molecule has 0 spiro atoms. The van der Waals surface area contributed by atoms with Crippen molar-refractivity contribution in [3.05, 3.63) is 35.4 Å². The maximum Gasteiger partial charge on any atom is 0.211 e. The zero-order valence-electron chi connectivity index (χ0n) is 12.7. The fourth-order valence-corrected chi connectivity index (χ4v) is 3.07. The second-order valence-electron chi connectivity index (χ2n) is 4.92. The van der Waals surface area contributed by atoms with Crippen LogP contribution in [0.2, 0.25) is 0 Å². The van der Waals surface area contributed by atoms with E-state index in [1.165, 1.54) is 5.56 Å². The van der Waals surface area contributed by atoms with E-state index in [2.05, 4.69) is 35.6 Å². The lowest BCUT2D eigenvalue weighted by Crippen LogP contribution is -2.25. The maximum atomic E-state index is 11.6. The highest BCUT2D eigenvalue weighted by Gasteiger charge is 2.08. The van der Waals surface area contributed by atoms with Crippen molar-refractivity contribution >= 4 is 10.0 Å². The molecule has 0 aliphatic heterocycles. The summed E-state index contributed by atoms with van der Waals surface area (Å²) in [5, 5.41) is 0. The second kappa shape index (κ2) is 8.39. The minimum atomic E-state index is -3.13. The molecular weight excluding hydrogens is 272 g/mol. The lowest BCUT2D eigenvalue weighted by Gasteiger charge is -2.18. The van der Waals surface area contributed by atoms with Crippen LogP contribution in [0.5, 0.6) is 0 Å². The Balaban J connectivity index is 2.54. The lowest BCUT2D eigenvalue weighted by atomic mass is 10.1. The monoisotopic (exact) mass is 298 g/mol. The summed E-state index contributed by atoms with van der Waals surface area (Å²) >= 11 is 0. The quantitative estimate of drug-likeness (QED) is 0.761. The summed E-state index contributed by atoms with van der Waals surface area (Å²) in [6.45, 7) is 9.55. The highest BCUT2D eigenvalue weighted by molar-refractivity contribution is 7.89. The van der Waals surface area contributed by atoms with Gasteiger partial charge in [-0.2, -0.15) is 0 Å². The Morgan fingerprint density at radius 3 is 2.05 bits per heavy atom. The average molecular weight is 298 g/mol. The minimum absolute atomic E-state index is 0.188. The number of sulfonamides is 1. The zero-order chi connectivity index (χ0) is 15.0. The normalized spacial score (nSPS) is 12.0. The van der Waals surface area contributed by atoms with Crippen molar-refractivity contribution in [2.75, 3.05) is 18.8 Å². The van der Waals surface area contributed by atoms with Crippen molar-refractivity contribution in [1.82, 2.24) is 9.62 Å². The maximum absolute atomic E-state index is 11.6. The van der Waals surface area contributed by atoms with Crippen molar-refractivity contribution in [2.45, 2.75) is 40.3 Å². The van der Waals surface area contributed by atoms with Crippen molar-refractivity contribution in [3.63, 3.8) is 0 Å². The highest BCUT2D eigenvalue weighted by atomic mass is 32.2. The van der Waals surface area contributed by atoms with Crippen molar-refractivity contribution in [1.29, 1.82) is 0 Å². The van der Waals surface area contributed by atoms with Gasteiger partial charge in [-0.1, -0.05) is 45.0 Å². The molecule has 0 aromatic heterocycles. The molecule has 0 radical (unpaired) electrons. The number of benzene rings is 1. The zero-order valence-corrected chi connectivity index (χ0v) is 13.5. The van der Waals surface area contributed by atoms with Crippen LogP contribution in [0.4, 0.5) is 0 Å². The summed E-state index contributed by atoms with van der Waals surface area (Å²) in [5.41, 5.74) is 2.25. The van der Waals surface area contributed by atoms with Crippen LogP contribution in [0.3, 0.4) is 0 Å². The molecule has 1 N–H and O–H groups in total.